The molecular formula is C11H11Br2NO3. The Balaban J connectivity index is 2.65. The Morgan fingerprint density at radius 3 is 2.71 bits per heavy atom. The maximum Gasteiger partial charge on any atom is 0.261 e. The van der Waals surface area contributed by atoms with Crippen molar-refractivity contribution in [3.8, 4) is 0 Å². The smallest absolute Gasteiger partial charge is 0.261 e. The second-order valence-electron chi connectivity index (χ2n) is 4.11. The minimum Gasteiger partial charge on any atom is -0.396 e. The Morgan fingerprint density at radius 1 is 1.47 bits per heavy atom. The maximum absolute atomic E-state index is 11.9. The first-order valence-corrected chi connectivity index (χ1v) is 6.64. The molecule has 1 aromatic carbocycles. The van der Waals surface area contributed by atoms with E-state index in [4.69, 9.17) is 0 Å². The van der Waals surface area contributed by atoms with E-state index >= 15 is 0 Å². The summed E-state index contributed by atoms with van der Waals surface area (Å²) in [5.41, 5.74) is -0.657. The molecule has 1 aliphatic rings. The molecule has 0 saturated carbocycles. The largest absolute Gasteiger partial charge is 0.396 e. The standard InChI is InChI=1S/C11H11Br2NO3/c1-5(4-15)11(17)9-7(13)2-6(12)3-8(9)14-10(11)16/h2-3,5,15,17H,4H2,1H3,(H,14,16)/t5-,11+/m0/s1. The maximum atomic E-state index is 11.9. The van der Waals surface area contributed by atoms with Gasteiger partial charge in [0.15, 0.2) is 5.60 Å². The zero-order valence-electron chi connectivity index (χ0n) is 9.00. The van der Waals surface area contributed by atoms with E-state index in [1.165, 1.54) is 0 Å². The van der Waals surface area contributed by atoms with Crippen molar-refractivity contribution in [2.24, 2.45) is 5.92 Å². The number of hydrogen-bond donors (Lipinski definition) is 3. The second kappa shape index (κ2) is 4.35. The lowest BCUT2D eigenvalue weighted by Gasteiger charge is -2.27. The first-order chi connectivity index (χ1) is 7.91. The van der Waals surface area contributed by atoms with Crippen LogP contribution in [0.1, 0.15) is 12.5 Å². The SMILES string of the molecule is C[C@@H](CO)[C@]1(O)C(=O)Nc2cc(Br)cc(Br)c21. The summed E-state index contributed by atoms with van der Waals surface area (Å²) < 4.78 is 1.42. The highest BCUT2D eigenvalue weighted by molar-refractivity contribution is 9.11. The van der Waals surface area contributed by atoms with E-state index in [-0.39, 0.29) is 6.61 Å². The number of fused-ring (bicyclic) bond motifs is 1. The number of benzene rings is 1. The number of amides is 1. The number of nitrogens with one attached hydrogen (secondary N) is 1. The van der Waals surface area contributed by atoms with Gasteiger partial charge in [-0.1, -0.05) is 38.8 Å². The lowest BCUT2D eigenvalue weighted by atomic mass is 9.84. The van der Waals surface area contributed by atoms with Gasteiger partial charge in [0.2, 0.25) is 0 Å². The van der Waals surface area contributed by atoms with Crippen LogP contribution in [0.15, 0.2) is 21.1 Å². The third kappa shape index (κ3) is 1.83. The molecule has 0 unspecified atom stereocenters. The number of aliphatic hydroxyl groups is 2. The molecule has 0 aliphatic carbocycles. The van der Waals surface area contributed by atoms with Gasteiger partial charge in [0.1, 0.15) is 0 Å². The zero-order valence-corrected chi connectivity index (χ0v) is 12.2. The van der Waals surface area contributed by atoms with Gasteiger partial charge in [-0.05, 0) is 12.1 Å². The molecule has 2 atom stereocenters. The average molecular weight is 365 g/mol. The van der Waals surface area contributed by atoms with E-state index in [0.29, 0.717) is 15.7 Å². The first-order valence-electron chi connectivity index (χ1n) is 5.05. The van der Waals surface area contributed by atoms with Crippen molar-refractivity contribution < 1.29 is 15.0 Å². The summed E-state index contributed by atoms with van der Waals surface area (Å²) in [5.74, 6) is -1.09. The minimum atomic E-state index is -1.69. The van der Waals surface area contributed by atoms with Gasteiger partial charge >= 0.3 is 0 Å². The van der Waals surface area contributed by atoms with Crippen molar-refractivity contribution in [1.82, 2.24) is 0 Å². The fourth-order valence-electron chi connectivity index (χ4n) is 1.99. The quantitative estimate of drug-likeness (QED) is 0.751. The van der Waals surface area contributed by atoms with Crippen LogP contribution in [0.4, 0.5) is 5.69 Å². The Hall–Kier alpha value is -0.430. The number of carbonyl (C=O) groups is 1. The van der Waals surface area contributed by atoms with E-state index in [9.17, 15) is 15.0 Å². The number of rotatable bonds is 2. The van der Waals surface area contributed by atoms with E-state index in [1.54, 1.807) is 19.1 Å². The third-order valence-electron chi connectivity index (χ3n) is 3.02. The third-order valence-corrected chi connectivity index (χ3v) is 4.10. The lowest BCUT2D eigenvalue weighted by Crippen LogP contribution is -2.42. The summed E-state index contributed by atoms with van der Waals surface area (Å²) in [6, 6.07) is 3.48. The normalized spacial score (nSPS) is 24.4. The van der Waals surface area contributed by atoms with Crippen LogP contribution < -0.4 is 5.32 Å². The van der Waals surface area contributed by atoms with Gasteiger partial charge in [-0.25, -0.2) is 0 Å². The zero-order chi connectivity index (χ0) is 12.8. The van der Waals surface area contributed by atoms with Crippen LogP contribution in [0.5, 0.6) is 0 Å². The highest BCUT2D eigenvalue weighted by atomic mass is 79.9. The van der Waals surface area contributed by atoms with Gasteiger partial charge in [-0.2, -0.15) is 0 Å². The Morgan fingerprint density at radius 2 is 2.12 bits per heavy atom. The van der Waals surface area contributed by atoms with Crippen LogP contribution in [0.25, 0.3) is 0 Å². The highest BCUT2D eigenvalue weighted by Gasteiger charge is 2.50. The molecule has 4 nitrogen and oxygen atoms in total. The van der Waals surface area contributed by atoms with Gasteiger partial charge in [-0.15, -0.1) is 0 Å². The molecule has 1 aliphatic heterocycles. The Bertz CT molecular complexity index is 492. The number of aliphatic hydroxyl groups excluding tert-OH is 1. The fraction of sp³-hybridized carbons (Fsp3) is 0.364. The van der Waals surface area contributed by atoms with Crippen LogP contribution in [0, 0.1) is 5.92 Å². The number of carbonyl (C=O) groups excluding carboxylic acids is 1. The topological polar surface area (TPSA) is 69.6 Å². The number of anilines is 1. The molecular weight excluding hydrogens is 354 g/mol. The van der Waals surface area contributed by atoms with Gasteiger partial charge in [0.05, 0.1) is 0 Å². The highest BCUT2D eigenvalue weighted by Crippen LogP contribution is 2.46. The van der Waals surface area contributed by atoms with Crippen molar-refractivity contribution in [2.75, 3.05) is 11.9 Å². The van der Waals surface area contributed by atoms with Crippen molar-refractivity contribution in [3.05, 3.63) is 26.6 Å². The predicted molar refractivity (Wildman–Crippen MR) is 70.6 cm³/mol. The van der Waals surface area contributed by atoms with E-state index in [1.807, 2.05) is 0 Å². The van der Waals surface area contributed by atoms with Crippen LogP contribution in [-0.2, 0) is 10.4 Å². The first kappa shape index (κ1) is 13.0. The molecule has 0 spiro atoms. The second-order valence-corrected chi connectivity index (χ2v) is 5.88. The molecule has 6 heteroatoms. The molecule has 1 amide bonds. The average Bonchev–Trinajstić information content (AvgIpc) is 2.50. The van der Waals surface area contributed by atoms with Gasteiger partial charge < -0.3 is 15.5 Å². The summed E-state index contributed by atoms with van der Waals surface area (Å²) in [5, 5.41) is 22.3. The summed E-state index contributed by atoms with van der Waals surface area (Å²) in [6.45, 7) is 1.36. The molecule has 0 saturated heterocycles. The molecule has 3 N–H and O–H groups in total. The fourth-order valence-corrected chi connectivity index (χ4v) is 3.52. The van der Waals surface area contributed by atoms with E-state index < -0.39 is 17.4 Å². The van der Waals surface area contributed by atoms with E-state index in [2.05, 4.69) is 37.2 Å². The number of hydrogen-bond acceptors (Lipinski definition) is 3. The van der Waals surface area contributed by atoms with E-state index in [0.717, 1.165) is 4.47 Å². The molecule has 1 heterocycles. The molecule has 0 aromatic heterocycles. The number of halogens is 2. The molecule has 0 radical (unpaired) electrons. The van der Waals surface area contributed by atoms with Gasteiger partial charge in [0.25, 0.3) is 5.91 Å². The summed E-state index contributed by atoms with van der Waals surface area (Å²) in [7, 11) is 0. The van der Waals surface area contributed by atoms with Crippen molar-refractivity contribution >= 4 is 43.5 Å². The molecule has 92 valence electrons. The molecule has 2 rings (SSSR count). The Kier molecular flexibility index (Phi) is 3.33. The molecule has 1 aromatic rings. The molecule has 0 bridgehead atoms. The van der Waals surface area contributed by atoms with Crippen molar-refractivity contribution in [3.63, 3.8) is 0 Å². The molecule has 0 fully saturated rings. The predicted octanol–water partition coefficient (Wildman–Crippen LogP) is 1.98. The monoisotopic (exact) mass is 363 g/mol. The van der Waals surface area contributed by atoms with Crippen LogP contribution in [-0.4, -0.2) is 22.7 Å². The lowest BCUT2D eigenvalue weighted by molar-refractivity contribution is -0.141. The van der Waals surface area contributed by atoms with Crippen LogP contribution in [0.3, 0.4) is 0 Å². The summed E-state index contributed by atoms with van der Waals surface area (Å²) in [6.07, 6.45) is 0. The van der Waals surface area contributed by atoms with Crippen molar-refractivity contribution in [1.29, 1.82) is 0 Å². The van der Waals surface area contributed by atoms with Gasteiger partial charge in [0, 0.05) is 32.7 Å². The van der Waals surface area contributed by atoms with Crippen LogP contribution >= 0.6 is 31.9 Å². The minimum absolute atomic E-state index is 0.272. The van der Waals surface area contributed by atoms with Crippen LogP contribution in [0.2, 0.25) is 0 Å². The summed E-state index contributed by atoms with van der Waals surface area (Å²) in [4.78, 5) is 11.9. The summed E-state index contributed by atoms with van der Waals surface area (Å²) >= 11 is 6.65. The van der Waals surface area contributed by atoms with Gasteiger partial charge in [-0.3, -0.25) is 4.79 Å². The van der Waals surface area contributed by atoms with Crippen molar-refractivity contribution in [2.45, 2.75) is 12.5 Å². The Labute approximate surface area is 115 Å². The molecule has 17 heavy (non-hydrogen) atoms.